The number of benzene rings is 1. The maximum absolute atomic E-state index is 5.46. The summed E-state index contributed by atoms with van der Waals surface area (Å²) in [7, 11) is 0. The first-order valence-corrected chi connectivity index (χ1v) is 5.38. The summed E-state index contributed by atoms with van der Waals surface area (Å²) in [6, 6.07) is 4.00. The van der Waals surface area contributed by atoms with Gasteiger partial charge in [-0.2, -0.15) is 0 Å². The molecule has 14 heavy (non-hydrogen) atoms. The minimum absolute atomic E-state index is 0.664. The van der Waals surface area contributed by atoms with Crippen molar-refractivity contribution in [3.63, 3.8) is 0 Å². The number of hydrogen-bond acceptors (Lipinski definition) is 3. The molecule has 0 amide bonds. The zero-order valence-electron chi connectivity index (χ0n) is 8.33. The molecule has 1 aromatic carbocycles. The molecule has 1 heterocycles. The highest BCUT2D eigenvalue weighted by molar-refractivity contribution is 7.18. The molecule has 0 bridgehead atoms. The summed E-state index contributed by atoms with van der Waals surface area (Å²) in [5.41, 5.74) is 1.94. The first kappa shape index (κ1) is 9.46. The van der Waals surface area contributed by atoms with Gasteiger partial charge in [-0.25, -0.2) is 4.98 Å². The second-order valence-electron chi connectivity index (χ2n) is 3.09. The van der Waals surface area contributed by atoms with E-state index >= 15 is 0 Å². The standard InChI is InChI=1S/C11H12NOS/c1-4-13-10-6-9-11(5-7(10)2)14-8(3)12-9/h5-6H,2,4H2,1,3H3. The Morgan fingerprint density at radius 2 is 2.29 bits per heavy atom. The number of thiazole rings is 1. The minimum atomic E-state index is 0.664. The number of rotatable bonds is 2. The van der Waals surface area contributed by atoms with Crippen LogP contribution in [-0.4, -0.2) is 11.6 Å². The number of aryl methyl sites for hydroxylation is 1. The fraction of sp³-hybridized carbons (Fsp3) is 0.273. The molecule has 2 nitrogen and oxygen atoms in total. The van der Waals surface area contributed by atoms with Crippen LogP contribution < -0.4 is 4.74 Å². The van der Waals surface area contributed by atoms with E-state index in [4.69, 9.17) is 4.74 Å². The minimum Gasteiger partial charge on any atom is -0.494 e. The van der Waals surface area contributed by atoms with Crippen molar-refractivity contribution in [2.45, 2.75) is 13.8 Å². The van der Waals surface area contributed by atoms with Gasteiger partial charge < -0.3 is 4.74 Å². The lowest BCUT2D eigenvalue weighted by atomic mass is 10.2. The Labute approximate surface area is 87.5 Å². The van der Waals surface area contributed by atoms with Gasteiger partial charge in [0.15, 0.2) is 0 Å². The van der Waals surface area contributed by atoms with Gasteiger partial charge in [-0.3, -0.25) is 0 Å². The topological polar surface area (TPSA) is 22.1 Å². The fourth-order valence-corrected chi connectivity index (χ4v) is 2.27. The summed E-state index contributed by atoms with van der Waals surface area (Å²) in [6.07, 6.45) is 0. The molecule has 0 saturated carbocycles. The molecule has 0 N–H and O–H groups in total. The third kappa shape index (κ3) is 1.60. The molecule has 1 radical (unpaired) electrons. The Bertz CT molecular complexity index is 462. The molecular weight excluding hydrogens is 194 g/mol. The number of fused-ring (bicyclic) bond motifs is 1. The maximum Gasteiger partial charge on any atom is 0.124 e. The highest BCUT2D eigenvalue weighted by atomic mass is 32.1. The van der Waals surface area contributed by atoms with Crippen LogP contribution in [0, 0.1) is 13.8 Å². The molecule has 73 valence electrons. The first-order chi connectivity index (χ1) is 6.70. The molecule has 1 aromatic heterocycles. The highest BCUT2D eigenvalue weighted by Crippen LogP contribution is 2.28. The van der Waals surface area contributed by atoms with E-state index in [0.717, 1.165) is 21.8 Å². The summed E-state index contributed by atoms with van der Waals surface area (Å²) in [4.78, 5) is 4.41. The van der Waals surface area contributed by atoms with Crippen molar-refractivity contribution in [3.8, 4) is 5.75 Å². The van der Waals surface area contributed by atoms with Crippen molar-refractivity contribution < 1.29 is 4.74 Å². The van der Waals surface area contributed by atoms with Crippen LogP contribution in [-0.2, 0) is 0 Å². The van der Waals surface area contributed by atoms with Crippen molar-refractivity contribution in [1.29, 1.82) is 0 Å². The quantitative estimate of drug-likeness (QED) is 0.752. The summed E-state index contributed by atoms with van der Waals surface area (Å²) in [5, 5.41) is 1.08. The van der Waals surface area contributed by atoms with Gasteiger partial charge >= 0.3 is 0 Å². The Balaban J connectivity index is 2.58. The van der Waals surface area contributed by atoms with E-state index in [2.05, 4.69) is 11.9 Å². The molecule has 0 aliphatic carbocycles. The van der Waals surface area contributed by atoms with Crippen molar-refractivity contribution in [2.24, 2.45) is 0 Å². The van der Waals surface area contributed by atoms with Crippen molar-refractivity contribution in [1.82, 2.24) is 4.98 Å². The molecule has 0 unspecified atom stereocenters. The molecule has 0 fully saturated rings. The van der Waals surface area contributed by atoms with Crippen LogP contribution >= 0.6 is 11.3 Å². The third-order valence-electron chi connectivity index (χ3n) is 1.98. The maximum atomic E-state index is 5.46. The van der Waals surface area contributed by atoms with E-state index in [1.54, 1.807) is 11.3 Å². The van der Waals surface area contributed by atoms with E-state index in [-0.39, 0.29) is 0 Å². The van der Waals surface area contributed by atoms with Gasteiger partial charge in [-0.05, 0) is 32.4 Å². The smallest absolute Gasteiger partial charge is 0.124 e. The number of nitrogens with zero attached hydrogens (tertiary/aromatic N) is 1. The molecule has 0 spiro atoms. The van der Waals surface area contributed by atoms with Gasteiger partial charge in [0.1, 0.15) is 5.75 Å². The van der Waals surface area contributed by atoms with E-state index in [1.165, 1.54) is 4.70 Å². The van der Waals surface area contributed by atoms with E-state index in [9.17, 15) is 0 Å². The SMILES string of the molecule is [CH2]c1cc2sc(C)nc2cc1OCC. The summed E-state index contributed by atoms with van der Waals surface area (Å²) in [5.74, 6) is 0.838. The Morgan fingerprint density at radius 1 is 1.50 bits per heavy atom. The lowest BCUT2D eigenvalue weighted by Gasteiger charge is -2.05. The summed E-state index contributed by atoms with van der Waals surface area (Å²) >= 11 is 1.69. The average Bonchev–Trinajstić information content (AvgIpc) is 2.45. The Hall–Kier alpha value is -1.09. The molecule has 0 aliphatic heterocycles. The van der Waals surface area contributed by atoms with Crippen LogP contribution in [0.25, 0.3) is 10.2 Å². The molecule has 2 rings (SSSR count). The molecule has 0 saturated heterocycles. The van der Waals surface area contributed by atoms with Crippen LogP contribution in [0.4, 0.5) is 0 Å². The Morgan fingerprint density at radius 3 is 3.00 bits per heavy atom. The van der Waals surface area contributed by atoms with Crippen LogP contribution in [0.2, 0.25) is 0 Å². The second-order valence-corrected chi connectivity index (χ2v) is 4.33. The van der Waals surface area contributed by atoms with E-state index in [1.807, 2.05) is 26.0 Å². The summed E-state index contributed by atoms with van der Waals surface area (Å²) in [6.45, 7) is 8.59. The van der Waals surface area contributed by atoms with Crippen LogP contribution in [0.1, 0.15) is 17.5 Å². The monoisotopic (exact) mass is 206 g/mol. The first-order valence-electron chi connectivity index (χ1n) is 4.56. The van der Waals surface area contributed by atoms with Gasteiger partial charge in [0, 0.05) is 6.07 Å². The average molecular weight is 206 g/mol. The molecule has 3 heteroatoms. The van der Waals surface area contributed by atoms with Gasteiger partial charge in [-0.15, -0.1) is 11.3 Å². The molecule has 2 aromatic rings. The van der Waals surface area contributed by atoms with Crippen LogP contribution in [0.3, 0.4) is 0 Å². The van der Waals surface area contributed by atoms with E-state index in [0.29, 0.717) is 6.61 Å². The fourth-order valence-electron chi connectivity index (χ4n) is 1.40. The van der Waals surface area contributed by atoms with Gasteiger partial charge in [0.05, 0.1) is 21.8 Å². The predicted octanol–water partition coefficient (Wildman–Crippen LogP) is 3.19. The highest BCUT2D eigenvalue weighted by Gasteiger charge is 2.05. The number of aromatic nitrogens is 1. The van der Waals surface area contributed by atoms with Crippen molar-refractivity contribution in [3.05, 3.63) is 29.6 Å². The van der Waals surface area contributed by atoms with Crippen molar-refractivity contribution in [2.75, 3.05) is 6.61 Å². The van der Waals surface area contributed by atoms with Gasteiger partial charge in [-0.1, -0.05) is 0 Å². The lowest BCUT2D eigenvalue weighted by molar-refractivity contribution is 0.339. The van der Waals surface area contributed by atoms with E-state index < -0.39 is 0 Å². The van der Waals surface area contributed by atoms with Crippen LogP contribution in [0.15, 0.2) is 12.1 Å². The van der Waals surface area contributed by atoms with Crippen molar-refractivity contribution >= 4 is 21.6 Å². The number of hydrogen-bond donors (Lipinski definition) is 0. The van der Waals surface area contributed by atoms with Crippen LogP contribution in [0.5, 0.6) is 5.75 Å². The third-order valence-corrected chi connectivity index (χ3v) is 2.91. The number of ether oxygens (including phenoxy) is 1. The Kier molecular flexibility index (Phi) is 2.42. The molecule has 0 atom stereocenters. The van der Waals surface area contributed by atoms with Gasteiger partial charge in [0.2, 0.25) is 0 Å². The normalized spacial score (nSPS) is 10.8. The van der Waals surface area contributed by atoms with Gasteiger partial charge in [0.25, 0.3) is 0 Å². The summed E-state index contributed by atoms with van der Waals surface area (Å²) < 4.78 is 6.63. The predicted molar refractivity (Wildman–Crippen MR) is 60.0 cm³/mol. The second kappa shape index (κ2) is 3.58. The zero-order chi connectivity index (χ0) is 10.1. The molecular formula is C11H12NOS. The molecule has 0 aliphatic rings. The lowest BCUT2D eigenvalue weighted by Crippen LogP contribution is -1.93. The zero-order valence-corrected chi connectivity index (χ0v) is 9.15. The largest absolute Gasteiger partial charge is 0.494 e.